The summed E-state index contributed by atoms with van der Waals surface area (Å²) < 4.78 is 5.93. The highest BCUT2D eigenvalue weighted by molar-refractivity contribution is 9.10. The van der Waals surface area contributed by atoms with Crippen molar-refractivity contribution in [2.75, 3.05) is 18.2 Å². The van der Waals surface area contributed by atoms with Gasteiger partial charge in [-0.05, 0) is 52.7 Å². The second-order valence-corrected chi connectivity index (χ2v) is 5.17. The van der Waals surface area contributed by atoms with Crippen LogP contribution in [0.5, 0.6) is 5.75 Å². The maximum Gasteiger partial charge on any atom is 0.256 e. The number of nitrogens with one attached hydrogen (secondary N) is 1. The van der Waals surface area contributed by atoms with E-state index in [2.05, 4.69) is 21.2 Å². The first-order valence-corrected chi connectivity index (χ1v) is 6.82. The number of carbonyl (C=O) groups is 1. The largest absolute Gasteiger partial charge is 0.497 e. The van der Waals surface area contributed by atoms with Crippen LogP contribution in [0.15, 0.2) is 40.9 Å². The molecule has 0 fully saturated rings. The molecule has 0 aromatic heterocycles. The molecule has 0 unspecified atom stereocenters. The number of hydrogen-bond donors (Lipinski definition) is 2. The van der Waals surface area contributed by atoms with Crippen molar-refractivity contribution in [3.05, 3.63) is 52.0 Å². The first-order valence-electron chi connectivity index (χ1n) is 6.03. The van der Waals surface area contributed by atoms with Crippen molar-refractivity contribution in [1.29, 1.82) is 0 Å². The Labute approximate surface area is 126 Å². The van der Waals surface area contributed by atoms with Gasteiger partial charge in [0.05, 0.1) is 12.8 Å². The summed E-state index contributed by atoms with van der Waals surface area (Å²) >= 11 is 3.40. The molecule has 0 radical (unpaired) electrons. The van der Waals surface area contributed by atoms with Crippen LogP contribution >= 0.6 is 15.9 Å². The molecule has 4 nitrogen and oxygen atoms in total. The minimum atomic E-state index is -0.205. The van der Waals surface area contributed by atoms with Crippen LogP contribution in [-0.2, 0) is 0 Å². The van der Waals surface area contributed by atoms with E-state index in [0.717, 1.165) is 10.0 Å². The highest BCUT2D eigenvalue weighted by Gasteiger charge is 2.12. The van der Waals surface area contributed by atoms with E-state index in [1.807, 2.05) is 19.1 Å². The van der Waals surface area contributed by atoms with E-state index in [9.17, 15) is 4.79 Å². The van der Waals surface area contributed by atoms with Crippen molar-refractivity contribution in [1.82, 2.24) is 0 Å². The number of methoxy groups -OCH3 is 1. The maximum absolute atomic E-state index is 12.3. The summed E-state index contributed by atoms with van der Waals surface area (Å²) in [5, 5.41) is 2.85. The molecule has 0 spiro atoms. The summed E-state index contributed by atoms with van der Waals surface area (Å²) in [4.78, 5) is 12.3. The molecule has 0 saturated carbocycles. The fourth-order valence-corrected chi connectivity index (χ4v) is 2.16. The van der Waals surface area contributed by atoms with E-state index in [1.54, 1.807) is 31.4 Å². The topological polar surface area (TPSA) is 64.3 Å². The van der Waals surface area contributed by atoms with E-state index in [-0.39, 0.29) is 5.91 Å². The number of hydrogen-bond acceptors (Lipinski definition) is 3. The predicted octanol–water partition coefficient (Wildman–Crippen LogP) is 3.60. The first kappa shape index (κ1) is 14.4. The van der Waals surface area contributed by atoms with Crippen LogP contribution in [0.3, 0.4) is 0 Å². The molecule has 0 aliphatic carbocycles. The first-order chi connectivity index (χ1) is 9.52. The number of rotatable bonds is 3. The molecule has 2 aromatic rings. The van der Waals surface area contributed by atoms with Crippen molar-refractivity contribution >= 4 is 33.2 Å². The number of amides is 1. The second-order valence-electron chi connectivity index (χ2n) is 4.32. The van der Waals surface area contributed by atoms with E-state index >= 15 is 0 Å². The molecule has 0 saturated heterocycles. The molecule has 3 N–H and O–H groups in total. The van der Waals surface area contributed by atoms with Gasteiger partial charge in [-0.15, -0.1) is 0 Å². The second kappa shape index (κ2) is 5.96. The van der Waals surface area contributed by atoms with Gasteiger partial charge in [0.25, 0.3) is 5.91 Å². The normalized spacial score (nSPS) is 10.2. The summed E-state index contributed by atoms with van der Waals surface area (Å²) in [5.41, 5.74) is 8.39. The monoisotopic (exact) mass is 334 g/mol. The van der Waals surface area contributed by atoms with Gasteiger partial charge in [-0.2, -0.15) is 0 Å². The zero-order chi connectivity index (χ0) is 14.7. The fourth-order valence-electron chi connectivity index (χ4n) is 1.82. The van der Waals surface area contributed by atoms with Crippen molar-refractivity contribution in [2.45, 2.75) is 6.92 Å². The van der Waals surface area contributed by atoms with Crippen LogP contribution in [0.2, 0.25) is 0 Å². The molecular weight excluding hydrogens is 320 g/mol. The van der Waals surface area contributed by atoms with Gasteiger partial charge in [0, 0.05) is 21.8 Å². The molecule has 1 amide bonds. The van der Waals surface area contributed by atoms with Gasteiger partial charge in [-0.25, -0.2) is 0 Å². The number of nitrogens with two attached hydrogens (primary N) is 1. The van der Waals surface area contributed by atoms with E-state index < -0.39 is 0 Å². The highest BCUT2D eigenvalue weighted by atomic mass is 79.9. The van der Waals surface area contributed by atoms with Crippen molar-refractivity contribution in [3.8, 4) is 5.75 Å². The van der Waals surface area contributed by atoms with Gasteiger partial charge in [-0.3, -0.25) is 4.79 Å². The van der Waals surface area contributed by atoms with Crippen molar-refractivity contribution in [3.63, 3.8) is 0 Å². The third kappa shape index (κ3) is 2.93. The zero-order valence-corrected chi connectivity index (χ0v) is 12.8. The summed E-state index contributed by atoms with van der Waals surface area (Å²) in [6, 6.07) is 10.7. The Morgan fingerprint density at radius 3 is 2.75 bits per heavy atom. The molecule has 0 aliphatic heterocycles. The van der Waals surface area contributed by atoms with E-state index in [0.29, 0.717) is 22.7 Å². The molecular formula is C15H15BrN2O2. The van der Waals surface area contributed by atoms with Crippen molar-refractivity contribution < 1.29 is 9.53 Å². The highest BCUT2D eigenvalue weighted by Crippen LogP contribution is 2.28. The van der Waals surface area contributed by atoms with Gasteiger partial charge >= 0.3 is 0 Å². The van der Waals surface area contributed by atoms with Crippen LogP contribution in [-0.4, -0.2) is 13.0 Å². The average Bonchev–Trinajstić information content (AvgIpc) is 2.44. The lowest BCUT2D eigenvalue weighted by Gasteiger charge is -2.11. The summed E-state index contributed by atoms with van der Waals surface area (Å²) in [5.74, 6) is 0.469. The average molecular weight is 335 g/mol. The molecule has 104 valence electrons. The van der Waals surface area contributed by atoms with Crippen LogP contribution in [0, 0.1) is 6.92 Å². The Balaban J connectivity index is 2.30. The predicted molar refractivity (Wildman–Crippen MR) is 84.2 cm³/mol. The molecule has 20 heavy (non-hydrogen) atoms. The number of nitrogen functional groups attached to an aromatic ring is 1. The fraction of sp³-hybridized carbons (Fsp3) is 0.133. The van der Waals surface area contributed by atoms with Crippen LogP contribution < -0.4 is 15.8 Å². The number of anilines is 2. The molecule has 0 atom stereocenters. The van der Waals surface area contributed by atoms with E-state index in [4.69, 9.17) is 10.5 Å². The SMILES string of the molecule is COc1ccc(Br)c(NC(=O)c2cccc(N)c2C)c1. The quantitative estimate of drug-likeness (QED) is 0.843. The smallest absolute Gasteiger partial charge is 0.256 e. The Kier molecular flexibility index (Phi) is 4.29. The van der Waals surface area contributed by atoms with Gasteiger partial charge < -0.3 is 15.8 Å². The van der Waals surface area contributed by atoms with Crippen LogP contribution in [0.1, 0.15) is 15.9 Å². The lowest BCUT2D eigenvalue weighted by atomic mass is 10.1. The minimum absolute atomic E-state index is 0.205. The third-order valence-corrected chi connectivity index (χ3v) is 3.73. The third-order valence-electron chi connectivity index (χ3n) is 3.04. The van der Waals surface area contributed by atoms with Gasteiger partial charge in [0.1, 0.15) is 5.75 Å². The van der Waals surface area contributed by atoms with Gasteiger partial charge in [0.2, 0.25) is 0 Å². The Bertz CT molecular complexity index is 656. The zero-order valence-electron chi connectivity index (χ0n) is 11.2. The summed E-state index contributed by atoms with van der Waals surface area (Å²) in [6.07, 6.45) is 0. The van der Waals surface area contributed by atoms with Crippen molar-refractivity contribution in [2.24, 2.45) is 0 Å². The lowest BCUT2D eigenvalue weighted by molar-refractivity contribution is 0.102. The van der Waals surface area contributed by atoms with E-state index in [1.165, 1.54) is 0 Å². The number of carbonyl (C=O) groups excluding carboxylic acids is 1. The minimum Gasteiger partial charge on any atom is -0.497 e. The van der Waals surface area contributed by atoms with Gasteiger partial charge in [-0.1, -0.05) is 6.07 Å². The molecule has 5 heteroatoms. The molecule has 0 aliphatic rings. The number of halogens is 1. The Hall–Kier alpha value is -2.01. The van der Waals surface area contributed by atoms with Gasteiger partial charge in [0.15, 0.2) is 0 Å². The van der Waals surface area contributed by atoms with Crippen LogP contribution in [0.25, 0.3) is 0 Å². The molecule has 2 rings (SSSR count). The number of benzene rings is 2. The molecule has 0 bridgehead atoms. The molecule has 2 aromatic carbocycles. The maximum atomic E-state index is 12.3. The summed E-state index contributed by atoms with van der Waals surface area (Å²) in [6.45, 7) is 1.82. The molecule has 0 heterocycles. The van der Waals surface area contributed by atoms with Crippen LogP contribution in [0.4, 0.5) is 11.4 Å². The summed E-state index contributed by atoms with van der Waals surface area (Å²) in [7, 11) is 1.58. The Morgan fingerprint density at radius 2 is 2.05 bits per heavy atom. The Morgan fingerprint density at radius 1 is 1.30 bits per heavy atom. The number of ether oxygens (including phenoxy) is 1. The standard InChI is InChI=1S/C15H15BrN2O2/c1-9-11(4-3-5-13(9)17)15(19)18-14-8-10(20-2)6-7-12(14)16/h3-8H,17H2,1-2H3,(H,18,19). The lowest BCUT2D eigenvalue weighted by Crippen LogP contribution is -2.14.